The lowest BCUT2D eigenvalue weighted by molar-refractivity contribution is -0.168. The van der Waals surface area contributed by atoms with Crippen molar-refractivity contribution in [3.63, 3.8) is 0 Å². The van der Waals surface area contributed by atoms with Crippen LogP contribution in [0.1, 0.15) is 62.7 Å². The summed E-state index contributed by atoms with van der Waals surface area (Å²) in [6, 6.07) is 16.9. The molecule has 4 aromatic carbocycles. The summed E-state index contributed by atoms with van der Waals surface area (Å²) in [5, 5.41) is 13.0. The van der Waals surface area contributed by atoms with Crippen molar-refractivity contribution in [3.8, 4) is 28.7 Å². The first-order chi connectivity index (χ1) is 28.4. The van der Waals surface area contributed by atoms with Crippen LogP contribution in [0.4, 0.5) is 4.79 Å². The van der Waals surface area contributed by atoms with Crippen LogP contribution in [0.5, 0.6) is 28.7 Å². The summed E-state index contributed by atoms with van der Waals surface area (Å²) in [6.45, 7) is 3.15. The van der Waals surface area contributed by atoms with Crippen LogP contribution < -0.4 is 23.7 Å². The zero-order chi connectivity index (χ0) is 41.6. The van der Waals surface area contributed by atoms with Crippen LogP contribution in [0.2, 0.25) is 0 Å². The second kappa shape index (κ2) is 16.8. The molecule has 2 bridgehead atoms. The quantitative estimate of drug-likeness (QED) is 0.112. The molecule has 8 rings (SSSR count). The average Bonchev–Trinajstić information content (AvgIpc) is 3.72. The number of aliphatic hydroxyl groups excluding tert-OH is 1. The number of hydrogen-bond donors (Lipinski definition) is 1. The number of piperazine rings is 1. The van der Waals surface area contributed by atoms with E-state index in [0.29, 0.717) is 45.3 Å². The molecular formula is C43H43Cl3N2O11. The predicted molar refractivity (Wildman–Crippen MR) is 216 cm³/mol. The molecule has 0 spiro atoms. The van der Waals surface area contributed by atoms with Gasteiger partial charge in [0.05, 0.1) is 38.4 Å². The highest BCUT2D eigenvalue weighted by Crippen LogP contribution is 2.61. The summed E-state index contributed by atoms with van der Waals surface area (Å²) < 4.78 is 46.5. The van der Waals surface area contributed by atoms with E-state index in [1.54, 1.807) is 11.8 Å². The molecule has 2 amide bonds. The van der Waals surface area contributed by atoms with E-state index in [9.17, 15) is 9.90 Å². The fourth-order valence-electron chi connectivity index (χ4n) is 8.84. The van der Waals surface area contributed by atoms with Crippen molar-refractivity contribution in [1.82, 2.24) is 9.80 Å². The number of amides is 2. The first kappa shape index (κ1) is 41.1. The molecule has 0 radical (unpaired) electrons. The third-order valence-corrected chi connectivity index (χ3v) is 11.5. The maximum Gasteiger partial charge on any atom is 0.411 e. The van der Waals surface area contributed by atoms with Crippen molar-refractivity contribution in [2.75, 3.05) is 41.0 Å². The van der Waals surface area contributed by atoms with Crippen LogP contribution in [0.15, 0.2) is 66.7 Å². The highest BCUT2D eigenvalue weighted by molar-refractivity contribution is 6.67. The number of methoxy groups -OCH3 is 2. The smallest absolute Gasteiger partial charge is 0.411 e. The maximum absolute atomic E-state index is 15.4. The van der Waals surface area contributed by atoms with Gasteiger partial charge in [-0.3, -0.25) is 9.69 Å². The minimum atomic E-state index is -1.95. The molecule has 4 aliphatic rings. The number of aliphatic hydroxyl groups is 1. The van der Waals surface area contributed by atoms with Crippen LogP contribution >= 0.6 is 34.8 Å². The largest absolute Gasteiger partial charge is 0.493 e. The number of carbonyl (C=O) groups excluding carboxylic acids is 2. The van der Waals surface area contributed by atoms with Crippen molar-refractivity contribution >= 4 is 46.8 Å². The Morgan fingerprint density at radius 1 is 0.881 bits per heavy atom. The highest BCUT2D eigenvalue weighted by Gasteiger charge is 2.62. The van der Waals surface area contributed by atoms with Crippen LogP contribution in [0.3, 0.4) is 0 Å². The molecule has 4 aliphatic heterocycles. The number of hydrogen-bond acceptors (Lipinski definition) is 11. The lowest BCUT2D eigenvalue weighted by Crippen LogP contribution is -2.70. The van der Waals surface area contributed by atoms with Gasteiger partial charge >= 0.3 is 6.09 Å². The topological polar surface area (TPSA) is 135 Å². The molecule has 13 nitrogen and oxygen atoms in total. The van der Waals surface area contributed by atoms with Gasteiger partial charge < -0.3 is 47.9 Å². The molecule has 1 unspecified atom stereocenters. The molecule has 1 fully saturated rings. The summed E-state index contributed by atoms with van der Waals surface area (Å²) in [7, 11) is 3.02. The number of alkyl halides is 3. The molecule has 16 heteroatoms. The van der Waals surface area contributed by atoms with E-state index in [1.807, 2.05) is 73.7 Å². The Labute approximate surface area is 356 Å². The number of ether oxygens (including phenoxy) is 8. The molecule has 0 saturated carbocycles. The van der Waals surface area contributed by atoms with Gasteiger partial charge in [0.15, 0.2) is 29.8 Å². The van der Waals surface area contributed by atoms with E-state index >= 15 is 4.79 Å². The number of halogens is 3. The monoisotopic (exact) mass is 868 g/mol. The fraction of sp³-hybridized carbons (Fsp3) is 0.395. The SMILES string of the molecule is COCOc1c(C)c2c(c3c1C(O)[C@H]1[C@@H]4c5c(cc(C)c(OC)c5OCc5ccccc5)C[C@H](C(=O)N1[C@H]3COCc1ccccc1)N4C(=O)OCC(Cl)(Cl)Cl)OCO2. The van der Waals surface area contributed by atoms with Gasteiger partial charge in [-0.05, 0) is 36.1 Å². The Bertz CT molecular complexity index is 2220. The zero-order valence-corrected chi connectivity index (χ0v) is 35.0. The van der Waals surface area contributed by atoms with Gasteiger partial charge in [-0.2, -0.15) is 0 Å². The predicted octanol–water partition coefficient (Wildman–Crippen LogP) is 7.59. The number of fused-ring (bicyclic) bond motifs is 9. The fourth-order valence-corrected chi connectivity index (χ4v) is 9.00. The Morgan fingerprint density at radius 3 is 2.22 bits per heavy atom. The molecule has 0 aliphatic carbocycles. The number of nitrogens with zero attached hydrogens (tertiary/aromatic N) is 2. The van der Waals surface area contributed by atoms with Crippen LogP contribution in [-0.4, -0.2) is 83.8 Å². The van der Waals surface area contributed by atoms with E-state index < -0.39 is 52.7 Å². The third-order valence-electron chi connectivity index (χ3n) is 11.1. The zero-order valence-electron chi connectivity index (χ0n) is 32.7. The summed E-state index contributed by atoms with van der Waals surface area (Å²) in [5.41, 5.74) is 5.15. The van der Waals surface area contributed by atoms with Crippen LogP contribution in [-0.2, 0) is 38.6 Å². The number of rotatable bonds is 12. The molecular weight excluding hydrogens is 827 g/mol. The standard InChI is InChI=1S/C43H43Cl3N2O11/c1-23-15-27-16-28-41(50)47-29(19-54-17-25-11-7-5-8-12-25)31-32(37(57-21-52-3)24(2)38-40(31)59-22-58-38)35(49)34(47)33(48(28)42(51)56-20-43(44,45)46)30(27)39(36(23)53-4)55-18-26-13-9-6-10-14-26/h5-15,28-29,33-35,49H,16-22H2,1-4H3/t28-,29+,33+,34-,35?/m1/s1. The van der Waals surface area contributed by atoms with E-state index in [-0.39, 0.29) is 45.6 Å². The average molecular weight is 870 g/mol. The molecule has 4 heterocycles. The van der Waals surface area contributed by atoms with Crippen LogP contribution in [0, 0.1) is 13.8 Å². The lowest BCUT2D eigenvalue weighted by Gasteiger charge is -2.58. The number of aryl methyl sites for hydroxylation is 1. The normalized spacial score (nSPS) is 21.4. The van der Waals surface area contributed by atoms with Crippen molar-refractivity contribution in [1.29, 1.82) is 0 Å². The second-order valence-electron chi connectivity index (χ2n) is 14.7. The molecule has 1 N–H and O–H groups in total. The van der Waals surface area contributed by atoms with Gasteiger partial charge in [-0.25, -0.2) is 4.79 Å². The lowest BCUT2D eigenvalue weighted by atomic mass is 9.72. The molecule has 4 aromatic rings. The van der Waals surface area contributed by atoms with Crippen molar-refractivity contribution in [3.05, 3.63) is 111 Å². The molecule has 1 saturated heterocycles. The Hall–Kier alpha value is -4.63. The van der Waals surface area contributed by atoms with E-state index in [0.717, 1.165) is 22.3 Å². The van der Waals surface area contributed by atoms with Gasteiger partial charge in [0.2, 0.25) is 16.5 Å². The van der Waals surface area contributed by atoms with Gasteiger partial charge in [0.25, 0.3) is 0 Å². The van der Waals surface area contributed by atoms with E-state index in [1.165, 1.54) is 19.1 Å². The van der Waals surface area contributed by atoms with Crippen molar-refractivity contribution in [2.45, 2.75) is 67.5 Å². The minimum Gasteiger partial charge on any atom is -0.493 e. The highest BCUT2D eigenvalue weighted by atomic mass is 35.6. The van der Waals surface area contributed by atoms with Crippen LogP contribution in [0.25, 0.3) is 0 Å². The number of carbonyl (C=O) groups is 2. The summed E-state index contributed by atoms with van der Waals surface area (Å²) in [6.07, 6.45) is -2.36. The molecule has 312 valence electrons. The first-order valence-electron chi connectivity index (χ1n) is 19.0. The van der Waals surface area contributed by atoms with Gasteiger partial charge in [-0.1, -0.05) is 102 Å². The summed E-state index contributed by atoms with van der Waals surface area (Å²) in [5.74, 6) is 1.36. The minimum absolute atomic E-state index is 0.0297. The Balaban J connectivity index is 1.35. The molecule has 5 atom stereocenters. The van der Waals surface area contributed by atoms with Crippen molar-refractivity contribution in [2.24, 2.45) is 0 Å². The second-order valence-corrected chi connectivity index (χ2v) is 17.3. The van der Waals surface area contributed by atoms with Gasteiger partial charge in [0.1, 0.15) is 31.1 Å². The first-order valence-corrected chi connectivity index (χ1v) is 20.1. The summed E-state index contributed by atoms with van der Waals surface area (Å²) in [4.78, 5) is 32.8. The third kappa shape index (κ3) is 7.57. The Kier molecular flexibility index (Phi) is 11.7. The maximum atomic E-state index is 15.4. The van der Waals surface area contributed by atoms with Gasteiger partial charge in [0, 0.05) is 35.8 Å². The number of benzene rings is 4. The molecule has 59 heavy (non-hydrogen) atoms. The summed E-state index contributed by atoms with van der Waals surface area (Å²) >= 11 is 18.2. The van der Waals surface area contributed by atoms with E-state index in [4.69, 9.17) is 72.7 Å². The van der Waals surface area contributed by atoms with Crippen molar-refractivity contribution < 1.29 is 52.6 Å². The Morgan fingerprint density at radius 2 is 1.56 bits per heavy atom. The van der Waals surface area contributed by atoms with E-state index in [2.05, 4.69) is 0 Å². The van der Waals surface area contributed by atoms with Gasteiger partial charge in [-0.15, -0.1) is 0 Å². The molecule has 0 aromatic heterocycles.